The lowest BCUT2D eigenvalue weighted by Crippen LogP contribution is -2.58. The second kappa shape index (κ2) is 6.76. The Morgan fingerprint density at radius 2 is 2.00 bits per heavy atom. The summed E-state index contributed by atoms with van der Waals surface area (Å²) in [5, 5.41) is 3.77. The average Bonchev–Trinajstić information content (AvgIpc) is 2.47. The number of piperazine rings is 1. The molecule has 1 saturated heterocycles. The lowest BCUT2D eigenvalue weighted by molar-refractivity contribution is 0.0556. The lowest BCUT2D eigenvalue weighted by atomic mass is 9.83. The van der Waals surface area contributed by atoms with Crippen LogP contribution in [0.25, 0.3) is 0 Å². The molecular weight excluding hydrogens is 256 g/mol. The average molecular weight is 286 g/mol. The van der Waals surface area contributed by atoms with Crippen LogP contribution in [0.15, 0.2) is 43.0 Å². The quantitative estimate of drug-likeness (QED) is 0.841. The molecule has 0 saturated carbocycles. The first-order valence-electron chi connectivity index (χ1n) is 8.08. The largest absolute Gasteiger partial charge is 0.310 e. The van der Waals surface area contributed by atoms with Crippen LogP contribution in [-0.2, 0) is 0 Å². The maximum Gasteiger partial charge on any atom is 0.0476 e. The molecule has 1 fully saturated rings. The van der Waals surface area contributed by atoms with Crippen molar-refractivity contribution in [1.82, 2.24) is 10.2 Å². The molecule has 0 amide bonds. The Labute approximate surface area is 130 Å². The molecule has 1 heterocycles. The molecule has 1 aliphatic rings. The van der Waals surface area contributed by atoms with Gasteiger partial charge in [-0.2, -0.15) is 0 Å². The number of hydrogen-bond donors (Lipinski definition) is 1. The van der Waals surface area contributed by atoms with Crippen molar-refractivity contribution in [2.24, 2.45) is 5.41 Å². The van der Waals surface area contributed by atoms with Crippen LogP contribution < -0.4 is 5.32 Å². The summed E-state index contributed by atoms with van der Waals surface area (Å²) >= 11 is 0. The van der Waals surface area contributed by atoms with Gasteiger partial charge in [-0.1, -0.05) is 57.2 Å². The van der Waals surface area contributed by atoms with Crippen LogP contribution in [0, 0.1) is 5.41 Å². The third-order valence-electron chi connectivity index (χ3n) is 4.65. The van der Waals surface area contributed by atoms with Crippen molar-refractivity contribution in [2.45, 2.75) is 52.2 Å². The maximum atomic E-state index is 3.92. The Balaban J connectivity index is 2.22. The highest BCUT2D eigenvalue weighted by atomic mass is 15.3. The van der Waals surface area contributed by atoms with Crippen molar-refractivity contribution >= 4 is 0 Å². The zero-order valence-electron chi connectivity index (χ0n) is 14.0. The van der Waals surface area contributed by atoms with E-state index in [1.807, 2.05) is 6.08 Å². The number of nitrogens with zero attached hydrogens (tertiary/aromatic N) is 1. The fraction of sp³-hybridized carbons (Fsp3) is 0.579. The Kier molecular flexibility index (Phi) is 5.23. The fourth-order valence-electron chi connectivity index (χ4n) is 3.20. The first-order valence-corrected chi connectivity index (χ1v) is 8.08. The highest BCUT2D eigenvalue weighted by molar-refractivity contribution is 5.21. The first-order chi connectivity index (χ1) is 9.93. The minimum Gasteiger partial charge on any atom is -0.310 e. The SMILES string of the molecule is C=CCC(C)N1CC(C(C)(C)C)NCC1c1ccccc1. The molecule has 1 aromatic carbocycles. The Hall–Kier alpha value is -1.12. The number of benzene rings is 1. The van der Waals surface area contributed by atoms with Gasteiger partial charge >= 0.3 is 0 Å². The standard InChI is InChI=1S/C19H30N2/c1-6-10-15(2)21-14-18(19(3,4)5)20-13-17(21)16-11-8-7-9-12-16/h6-9,11-12,15,17-18,20H,1,10,13-14H2,2-5H3. The van der Waals surface area contributed by atoms with Gasteiger partial charge in [0.1, 0.15) is 0 Å². The molecule has 3 unspecified atom stereocenters. The molecule has 0 aromatic heterocycles. The second-order valence-corrected chi connectivity index (χ2v) is 7.32. The van der Waals surface area contributed by atoms with Crippen LogP contribution in [0.1, 0.15) is 45.7 Å². The van der Waals surface area contributed by atoms with Crippen molar-refractivity contribution in [3.63, 3.8) is 0 Å². The van der Waals surface area contributed by atoms with Crippen molar-refractivity contribution in [2.75, 3.05) is 13.1 Å². The first kappa shape index (κ1) is 16.3. The molecule has 2 nitrogen and oxygen atoms in total. The summed E-state index contributed by atoms with van der Waals surface area (Å²) in [6, 6.07) is 12.4. The van der Waals surface area contributed by atoms with Gasteiger partial charge in [0.05, 0.1) is 0 Å². The third-order valence-corrected chi connectivity index (χ3v) is 4.65. The molecule has 2 heteroatoms. The van der Waals surface area contributed by atoms with Crippen LogP contribution in [-0.4, -0.2) is 30.1 Å². The van der Waals surface area contributed by atoms with Crippen molar-refractivity contribution in [3.05, 3.63) is 48.6 Å². The third kappa shape index (κ3) is 3.96. The molecule has 1 N–H and O–H groups in total. The van der Waals surface area contributed by atoms with Crippen molar-refractivity contribution in [1.29, 1.82) is 0 Å². The summed E-state index contributed by atoms with van der Waals surface area (Å²) in [5.74, 6) is 0. The minimum absolute atomic E-state index is 0.286. The molecule has 116 valence electrons. The van der Waals surface area contributed by atoms with E-state index < -0.39 is 0 Å². The topological polar surface area (TPSA) is 15.3 Å². The van der Waals surface area contributed by atoms with Gasteiger partial charge in [-0.25, -0.2) is 0 Å². The molecule has 0 bridgehead atoms. The van der Waals surface area contributed by atoms with Crippen LogP contribution in [0.4, 0.5) is 0 Å². The summed E-state index contributed by atoms with van der Waals surface area (Å²) in [6.07, 6.45) is 3.08. The van der Waals surface area contributed by atoms with E-state index in [9.17, 15) is 0 Å². The normalized spacial score (nSPS) is 25.5. The van der Waals surface area contributed by atoms with Crippen molar-refractivity contribution < 1.29 is 0 Å². The highest BCUT2D eigenvalue weighted by Gasteiger charge is 2.36. The van der Waals surface area contributed by atoms with Crippen LogP contribution in [0.2, 0.25) is 0 Å². The van der Waals surface area contributed by atoms with E-state index >= 15 is 0 Å². The monoisotopic (exact) mass is 286 g/mol. The summed E-state index contributed by atoms with van der Waals surface area (Å²) in [5.41, 5.74) is 1.70. The predicted octanol–water partition coefficient (Wildman–Crippen LogP) is 4.01. The van der Waals surface area contributed by atoms with E-state index in [0.29, 0.717) is 18.1 Å². The molecule has 0 aliphatic carbocycles. The predicted molar refractivity (Wildman–Crippen MR) is 91.4 cm³/mol. The van der Waals surface area contributed by atoms with Crippen LogP contribution in [0.3, 0.4) is 0 Å². The zero-order chi connectivity index (χ0) is 15.5. The lowest BCUT2D eigenvalue weighted by Gasteiger charge is -2.47. The van der Waals surface area contributed by atoms with E-state index in [0.717, 1.165) is 19.5 Å². The van der Waals surface area contributed by atoms with Gasteiger partial charge in [0.15, 0.2) is 0 Å². The van der Waals surface area contributed by atoms with Crippen molar-refractivity contribution in [3.8, 4) is 0 Å². The molecule has 1 aliphatic heterocycles. The molecule has 2 rings (SSSR count). The highest BCUT2D eigenvalue weighted by Crippen LogP contribution is 2.31. The van der Waals surface area contributed by atoms with E-state index in [-0.39, 0.29) is 5.41 Å². The minimum atomic E-state index is 0.286. The Morgan fingerprint density at radius 3 is 2.57 bits per heavy atom. The van der Waals surface area contributed by atoms with Gasteiger partial charge in [-0.15, -0.1) is 6.58 Å². The van der Waals surface area contributed by atoms with Gasteiger partial charge in [0.25, 0.3) is 0 Å². The van der Waals surface area contributed by atoms with E-state index in [1.54, 1.807) is 0 Å². The van der Waals surface area contributed by atoms with Gasteiger partial charge in [0, 0.05) is 31.2 Å². The molecule has 1 aromatic rings. The van der Waals surface area contributed by atoms with Crippen LogP contribution >= 0.6 is 0 Å². The summed E-state index contributed by atoms with van der Waals surface area (Å²) in [4.78, 5) is 2.66. The van der Waals surface area contributed by atoms with Gasteiger partial charge in [-0.3, -0.25) is 4.90 Å². The molecule has 0 spiro atoms. The van der Waals surface area contributed by atoms with Gasteiger partial charge in [0.2, 0.25) is 0 Å². The smallest absolute Gasteiger partial charge is 0.0476 e. The Morgan fingerprint density at radius 1 is 1.33 bits per heavy atom. The molecular formula is C19H30N2. The number of rotatable bonds is 4. The molecule has 21 heavy (non-hydrogen) atoms. The Bertz CT molecular complexity index is 446. The van der Waals surface area contributed by atoms with Gasteiger partial charge < -0.3 is 5.32 Å². The number of nitrogens with one attached hydrogen (secondary N) is 1. The van der Waals surface area contributed by atoms with E-state index in [4.69, 9.17) is 0 Å². The zero-order valence-corrected chi connectivity index (χ0v) is 14.0. The second-order valence-electron chi connectivity index (χ2n) is 7.32. The molecule has 0 radical (unpaired) electrons. The molecule has 3 atom stereocenters. The maximum absolute atomic E-state index is 3.92. The fourth-order valence-corrected chi connectivity index (χ4v) is 3.20. The van der Waals surface area contributed by atoms with Gasteiger partial charge in [-0.05, 0) is 24.3 Å². The van der Waals surface area contributed by atoms with E-state index in [2.05, 4.69) is 74.8 Å². The number of hydrogen-bond acceptors (Lipinski definition) is 2. The summed E-state index contributed by atoms with van der Waals surface area (Å²) in [7, 11) is 0. The van der Waals surface area contributed by atoms with E-state index in [1.165, 1.54) is 5.56 Å². The summed E-state index contributed by atoms with van der Waals surface area (Å²) < 4.78 is 0. The van der Waals surface area contributed by atoms with Crippen LogP contribution in [0.5, 0.6) is 0 Å². The summed E-state index contributed by atoms with van der Waals surface area (Å²) in [6.45, 7) is 15.3.